The number of likely N-dealkylation sites (tertiary alicyclic amines) is 1. The monoisotopic (exact) mass is 411 g/mol. The molecule has 21 heavy (non-hydrogen) atoms. The van der Waals surface area contributed by atoms with Crippen molar-refractivity contribution in [1.82, 2.24) is 4.90 Å². The van der Waals surface area contributed by atoms with Crippen molar-refractivity contribution >= 4 is 43.7 Å². The smallest absolute Gasteiger partial charge is 0.233 e. The van der Waals surface area contributed by atoms with Gasteiger partial charge < -0.3 is 0 Å². The van der Waals surface area contributed by atoms with Crippen LogP contribution in [0.4, 0.5) is 0 Å². The Kier molecular flexibility index (Phi) is 3.26. The Morgan fingerprint density at radius 1 is 0.952 bits per heavy atom. The van der Waals surface area contributed by atoms with Crippen molar-refractivity contribution in [3.05, 3.63) is 35.9 Å². The molecule has 1 aromatic rings. The van der Waals surface area contributed by atoms with E-state index in [4.69, 9.17) is 0 Å². The lowest BCUT2D eigenvalue weighted by molar-refractivity contribution is -0.141. The van der Waals surface area contributed by atoms with E-state index in [0.29, 0.717) is 28.0 Å². The van der Waals surface area contributed by atoms with Gasteiger partial charge in [0.25, 0.3) is 0 Å². The average molecular weight is 413 g/mol. The van der Waals surface area contributed by atoms with Crippen LogP contribution < -0.4 is 0 Å². The number of hydrogen-bond donors (Lipinski definition) is 0. The fourth-order valence-electron chi connectivity index (χ4n) is 4.33. The molecule has 2 bridgehead atoms. The van der Waals surface area contributed by atoms with Gasteiger partial charge in [-0.15, -0.1) is 0 Å². The Bertz CT molecular complexity index is 574. The largest absolute Gasteiger partial charge is 0.278 e. The zero-order valence-corrected chi connectivity index (χ0v) is 14.5. The van der Waals surface area contributed by atoms with E-state index in [2.05, 4.69) is 31.9 Å². The Balaban J connectivity index is 1.62. The van der Waals surface area contributed by atoms with Gasteiger partial charge in [0.2, 0.25) is 11.8 Å². The maximum absolute atomic E-state index is 12.7. The van der Waals surface area contributed by atoms with E-state index in [1.54, 1.807) is 0 Å². The minimum Gasteiger partial charge on any atom is -0.278 e. The first-order chi connectivity index (χ1) is 10.1. The molecule has 3 fully saturated rings. The van der Waals surface area contributed by atoms with Crippen LogP contribution in [0.3, 0.4) is 0 Å². The van der Waals surface area contributed by atoms with Crippen molar-refractivity contribution in [2.24, 2.45) is 23.7 Å². The molecule has 1 heterocycles. The van der Waals surface area contributed by atoms with Crippen molar-refractivity contribution < 1.29 is 9.59 Å². The molecule has 3 aliphatic rings. The molecule has 6 atom stereocenters. The highest BCUT2D eigenvalue weighted by atomic mass is 79.9. The number of carbonyl (C=O) groups is 2. The summed E-state index contributed by atoms with van der Waals surface area (Å²) in [4.78, 5) is 27.5. The van der Waals surface area contributed by atoms with Crippen molar-refractivity contribution in [3.63, 3.8) is 0 Å². The second kappa shape index (κ2) is 4.92. The third-order valence-electron chi connectivity index (χ3n) is 5.26. The molecule has 0 aromatic heterocycles. The number of amides is 2. The first-order valence-corrected chi connectivity index (χ1v) is 9.10. The highest BCUT2D eigenvalue weighted by molar-refractivity contribution is 9.12. The summed E-state index contributed by atoms with van der Waals surface area (Å²) in [6, 6.07) is 9.74. The van der Waals surface area contributed by atoms with Crippen LogP contribution in [0.25, 0.3) is 0 Å². The molecular weight excluding hydrogens is 398 g/mol. The Hall–Kier alpha value is -0.680. The molecule has 2 amide bonds. The fourth-order valence-corrected chi connectivity index (χ4v) is 6.21. The summed E-state index contributed by atoms with van der Waals surface area (Å²) in [6.45, 7) is 0.408. The Morgan fingerprint density at radius 2 is 1.48 bits per heavy atom. The number of halogens is 2. The molecule has 1 aromatic carbocycles. The molecule has 2 aliphatic carbocycles. The molecule has 0 spiro atoms. The second-order valence-electron chi connectivity index (χ2n) is 6.25. The molecule has 5 heteroatoms. The fraction of sp³-hybridized carbons (Fsp3) is 0.500. The lowest BCUT2D eigenvalue weighted by Gasteiger charge is -2.28. The van der Waals surface area contributed by atoms with Crippen LogP contribution in [-0.4, -0.2) is 26.4 Å². The number of rotatable bonds is 2. The van der Waals surface area contributed by atoms with Gasteiger partial charge in [0.15, 0.2) is 0 Å². The van der Waals surface area contributed by atoms with Crippen molar-refractivity contribution in [2.45, 2.75) is 22.6 Å². The predicted molar refractivity (Wildman–Crippen MR) is 86.0 cm³/mol. The third-order valence-corrected chi connectivity index (χ3v) is 8.47. The molecule has 110 valence electrons. The van der Waals surface area contributed by atoms with E-state index in [9.17, 15) is 9.59 Å². The van der Waals surface area contributed by atoms with Crippen molar-refractivity contribution in [1.29, 1.82) is 0 Å². The molecule has 1 saturated heterocycles. The molecule has 0 N–H and O–H groups in total. The van der Waals surface area contributed by atoms with Gasteiger partial charge in [0, 0.05) is 9.65 Å². The van der Waals surface area contributed by atoms with Crippen LogP contribution in [0.2, 0.25) is 0 Å². The van der Waals surface area contributed by atoms with Crippen LogP contribution in [0.1, 0.15) is 12.0 Å². The number of benzene rings is 1. The lowest BCUT2D eigenvalue weighted by Crippen LogP contribution is -2.37. The molecular formula is C16H15Br2NO2. The van der Waals surface area contributed by atoms with Gasteiger partial charge in [0.05, 0.1) is 18.4 Å². The molecule has 1 aliphatic heterocycles. The summed E-state index contributed by atoms with van der Waals surface area (Å²) in [5.41, 5.74) is 1.01. The van der Waals surface area contributed by atoms with Gasteiger partial charge >= 0.3 is 0 Å². The van der Waals surface area contributed by atoms with Gasteiger partial charge in [-0.05, 0) is 23.8 Å². The average Bonchev–Trinajstić information content (AvgIpc) is 3.09. The summed E-state index contributed by atoms with van der Waals surface area (Å²) < 4.78 is 0. The standard InChI is InChI=1S/C16H15Br2NO2/c17-13-9-6-10(14(13)18)12-11(9)15(20)19(16(12)21)7-8-4-2-1-3-5-8/h1-5,9-14H,6-7H2/t9-,10-,11-,12+,13+,14+/m1/s1. The normalized spacial score (nSPS) is 41.0. The first kappa shape index (κ1) is 13.9. The predicted octanol–water partition coefficient (Wildman–Crippen LogP) is 2.96. The van der Waals surface area contributed by atoms with E-state index in [0.717, 1.165) is 12.0 Å². The molecule has 0 radical (unpaired) electrons. The van der Waals surface area contributed by atoms with Crippen LogP contribution in [-0.2, 0) is 16.1 Å². The van der Waals surface area contributed by atoms with E-state index >= 15 is 0 Å². The Labute approximate surface area is 140 Å². The van der Waals surface area contributed by atoms with E-state index < -0.39 is 0 Å². The first-order valence-electron chi connectivity index (χ1n) is 7.27. The van der Waals surface area contributed by atoms with Crippen LogP contribution in [0, 0.1) is 23.7 Å². The molecule has 2 saturated carbocycles. The quantitative estimate of drug-likeness (QED) is 0.553. The van der Waals surface area contributed by atoms with E-state index in [1.807, 2.05) is 30.3 Å². The zero-order valence-electron chi connectivity index (χ0n) is 11.3. The maximum atomic E-state index is 12.7. The number of nitrogens with zero attached hydrogens (tertiary/aromatic N) is 1. The zero-order chi connectivity index (χ0) is 14.7. The number of alkyl halides is 2. The van der Waals surface area contributed by atoms with Crippen LogP contribution in [0.15, 0.2) is 30.3 Å². The molecule has 3 nitrogen and oxygen atoms in total. The maximum Gasteiger partial charge on any atom is 0.233 e. The van der Waals surface area contributed by atoms with E-state index in [1.165, 1.54) is 4.90 Å². The summed E-state index contributed by atoms with van der Waals surface area (Å²) in [5.74, 6) is 0.437. The minimum atomic E-state index is -0.107. The van der Waals surface area contributed by atoms with Gasteiger partial charge in [-0.2, -0.15) is 0 Å². The molecule has 0 unspecified atom stereocenters. The summed E-state index contributed by atoms with van der Waals surface area (Å²) in [6.07, 6.45) is 0.984. The van der Waals surface area contributed by atoms with Gasteiger partial charge in [-0.25, -0.2) is 0 Å². The summed E-state index contributed by atoms with van der Waals surface area (Å²) in [5, 5.41) is 0. The SMILES string of the molecule is O=C1[C@@H]2[C@H]3C[C@@H]([C@H](Br)[C@H]3Br)[C@@H]2C(=O)N1Cc1ccccc1. The highest BCUT2D eigenvalue weighted by Gasteiger charge is 2.66. The number of fused-ring (bicyclic) bond motifs is 5. The van der Waals surface area contributed by atoms with Crippen molar-refractivity contribution in [3.8, 4) is 0 Å². The summed E-state index contributed by atoms with van der Waals surface area (Å²) >= 11 is 7.40. The van der Waals surface area contributed by atoms with E-state index in [-0.39, 0.29) is 23.7 Å². The third kappa shape index (κ3) is 1.89. The number of carbonyl (C=O) groups excluding carboxylic acids is 2. The lowest BCUT2D eigenvalue weighted by atomic mass is 9.81. The van der Waals surface area contributed by atoms with Gasteiger partial charge in [-0.1, -0.05) is 62.2 Å². The van der Waals surface area contributed by atoms with Gasteiger partial charge in [0.1, 0.15) is 0 Å². The highest BCUT2D eigenvalue weighted by Crippen LogP contribution is 2.60. The Morgan fingerprint density at radius 3 is 2.00 bits per heavy atom. The van der Waals surface area contributed by atoms with Crippen LogP contribution in [0.5, 0.6) is 0 Å². The topological polar surface area (TPSA) is 37.4 Å². The molecule has 4 rings (SSSR count). The second-order valence-corrected chi connectivity index (χ2v) is 8.37. The number of imide groups is 1. The number of hydrogen-bond acceptors (Lipinski definition) is 2. The van der Waals surface area contributed by atoms with Crippen LogP contribution >= 0.6 is 31.9 Å². The summed E-state index contributed by atoms with van der Waals surface area (Å²) in [7, 11) is 0. The van der Waals surface area contributed by atoms with Gasteiger partial charge in [-0.3, -0.25) is 14.5 Å². The van der Waals surface area contributed by atoms with Crippen molar-refractivity contribution in [2.75, 3.05) is 0 Å². The minimum absolute atomic E-state index is 0.0326.